The normalized spacial score (nSPS) is 28.0. The first-order valence-electron chi connectivity index (χ1n) is 8.07. The zero-order chi connectivity index (χ0) is 19.9. The minimum atomic E-state index is -1.20. The average Bonchev–Trinajstić information content (AvgIpc) is 2.50. The maximum Gasteiger partial charge on any atom is 0.303 e. The maximum atomic E-state index is 11.5. The second-order valence-electron chi connectivity index (χ2n) is 5.52. The molecule has 1 saturated heterocycles. The van der Waals surface area contributed by atoms with Crippen LogP contribution in [0, 0.1) is 0 Å². The molecule has 0 spiro atoms. The minimum Gasteiger partial charge on any atom is -0.463 e. The van der Waals surface area contributed by atoms with E-state index in [4.69, 9.17) is 28.4 Å². The highest BCUT2D eigenvalue weighted by Gasteiger charge is 2.52. The number of ether oxygens (including phenoxy) is 6. The number of carbonyl (C=O) groups is 4. The van der Waals surface area contributed by atoms with Gasteiger partial charge < -0.3 is 28.4 Å². The van der Waals surface area contributed by atoms with E-state index >= 15 is 0 Å². The SMILES string of the molecule is CCO[C@@H]1O[C@@H](COC(C)=O)[C@@H](OC(C)=O)[C@H](OC(C)=O)[C@@H]1OC(C)=O. The van der Waals surface area contributed by atoms with Crippen LogP contribution in [-0.4, -0.2) is 67.8 Å². The zero-order valence-corrected chi connectivity index (χ0v) is 15.4. The summed E-state index contributed by atoms with van der Waals surface area (Å²) in [6.45, 7) is 6.29. The number of rotatable bonds is 7. The van der Waals surface area contributed by atoms with Crippen LogP contribution in [-0.2, 0) is 47.6 Å². The molecule has 1 aliphatic heterocycles. The molecule has 0 unspecified atom stereocenters. The number of esters is 4. The molecule has 0 saturated carbocycles. The Hall–Kier alpha value is -2.20. The third-order valence-corrected chi connectivity index (χ3v) is 3.28. The van der Waals surface area contributed by atoms with Crippen LogP contribution in [0.4, 0.5) is 0 Å². The van der Waals surface area contributed by atoms with Crippen molar-refractivity contribution in [3.8, 4) is 0 Å². The first-order chi connectivity index (χ1) is 12.1. The van der Waals surface area contributed by atoms with E-state index in [0.29, 0.717) is 0 Å². The van der Waals surface area contributed by atoms with E-state index in [1.54, 1.807) is 6.92 Å². The topological polar surface area (TPSA) is 124 Å². The molecular weight excluding hydrogens is 352 g/mol. The molecule has 0 aromatic heterocycles. The fourth-order valence-corrected chi connectivity index (χ4v) is 2.49. The Morgan fingerprint density at radius 3 is 1.73 bits per heavy atom. The number of carbonyl (C=O) groups excluding carboxylic acids is 4. The van der Waals surface area contributed by atoms with E-state index in [-0.39, 0.29) is 13.2 Å². The lowest BCUT2D eigenvalue weighted by atomic mass is 9.98. The van der Waals surface area contributed by atoms with Crippen molar-refractivity contribution in [3.05, 3.63) is 0 Å². The van der Waals surface area contributed by atoms with Gasteiger partial charge >= 0.3 is 23.9 Å². The fraction of sp³-hybridized carbons (Fsp3) is 0.750. The summed E-state index contributed by atoms with van der Waals surface area (Å²) in [5.74, 6) is -2.61. The van der Waals surface area contributed by atoms with E-state index in [9.17, 15) is 19.2 Å². The Bertz CT molecular complexity index is 531. The van der Waals surface area contributed by atoms with Gasteiger partial charge in [0.15, 0.2) is 24.6 Å². The van der Waals surface area contributed by atoms with Crippen molar-refractivity contribution in [2.75, 3.05) is 13.2 Å². The summed E-state index contributed by atoms with van der Waals surface area (Å²) in [6, 6.07) is 0. The third kappa shape index (κ3) is 6.60. The van der Waals surface area contributed by atoms with Crippen LogP contribution in [0.25, 0.3) is 0 Å². The molecule has 1 heterocycles. The van der Waals surface area contributed by atoms with Gasteiger partial charge in [0.1, 0.15) is 12.7 Å². The molecule has 0 N–H and O–H groups in total. The summed E-state index contributed by atoms with van der Waals surface area (Å²) >= 11 is 0. The first kappa shape index (κ1) is 21.8. The van der Waals surface area contributed by atoms with Crippen LogP contribution >= 0.6 is 0 Å². The van der Waals surface area contributed by atoms with Gasteiger partial charge in [0.2, 0.25) is 0 Å². The molecule has 5 atom stereocenters. The van der Waals surface area contributed by atoms with E-state index in [2.05, 4.69) is 0 Å². The number of hydrogen-bond donors (Lipinski definition) is 0. The molecule has 0 aromatic rings. The summed E-state index contributed by atoms with van der Waals surface area (Å²) in [6.07, 6.45) is -5.65. The molecule has 1 fully saturated rings. The third-order valence-electron chi connectivity index (χ3n) is 3.28. The van der Waals surface area contributed by atoms with E-state index in [1.807, 2.05) is 0 Å². The van der Waals surface area contributed by atoms with Crippen LogP contribution in [0.5, 0.6) is 0 Å². The molecule has 1 rings (SSSR count). The molecule has 0 amide bonds. The van der Waals surface area contributed by atoms with Crippen LogP contribution in [0.3, 0.4) is 0 Å². The lowest BCUT2D eigenvalue weighted by molar-refractivity contribution is -0.307. The van der Waals surface area contributed by atoms with Crippen LogP contribution in [0.2, 0.25) is 0 Å². The standard InChI is InChI=1S/C16H24O10/c1-6-21-16-15(25-11(5)20)14(24-10(4)19)13(23-9(3)18)12(26-16)7-22-8(2)17/h12-16H,6-7H2,1-5H3/t12-,13+,14-,15-,16+/m0/s1. The van der Waals surface area contributed by atoms with Crippen LogP contribution in [0.15, 0.2) is 0 Å². The Balaban J connectivity index is 3.22. The summed E-state index contributed by atoms with van der Waals surface area (Å²) in [5.41, 5.74) is 0. The van der Waals surface area contributed by atoms with Gasteiger partial charge in [0.25, 0.3) is 0 Å². The Morgan fingerprint density at radius 1 is 0.769 bits per heavy atom. The largest absolute Gasteiger partial charge is 0.463 e. The highest BCUT2D eigenvalue weighted by atomic mass is 16.7. The van der Waals surface area contributed by atoms with Crippen LogP contribution < -0.4 is 0 Å². The van der Waals surface area contributed by atoms with Crippen molar-refractivity contribution in [3.63, 3.8) is 0 Å². The second kappa shape index (κ2) is 10.1. The lowest BCUT2D eigenvalue weighted by Gasteiger charge is -2.43. The van der Waals surface area contributed by atoms with Crippen molar-refractivity contribution in [2.24, 2.45) is 0 Å². The maximum absolute atomic E-state index is 11.5. The van der Waals surface area contributed by atoms with Crippen molar-refractivity contribution in [1.29, 1.82) is 0 Å². The highest BCUT2D eigenvalue weighted by Crippen LogP contribution is 2.29. The van der Waals surface area contributed by atoms with Gasteiger partial charge in [-0.25, -0.2) is 0 Å². The monoisotopic (exact) mass is 376 g/mol. The predicted molar refractivity (Wildman–Crippen MR) is 83.6 cm³/mol. The summed E-state index contributed by atoms with van der Waals surface area (Å²) in [7, 11) is 0. The van der Waals surface area contributed by atoms with Gasteiger partial charge in [-0.1, -0.05) is 0 Å². The summed E-state index contributed by atoms with van der Waals surface area (Å²) < 4.78 is 31.7. The molecular formula is C16H24O10. The Labute approximate surface area is 151 Å². The zero-order valence-electron chi connectivity index (χ0n) is 15.4. The Kier molecular flexibility index (Phi) is 8.46. The molecule has 0 bridgehead atoms. The van der Waals surface area contributed by atoms with Crippen LogP contribution in [0.1, 0.15) is 34.6 Å². The van der Waals surface area contributed by atoms with E-state index in [0.717, 1.165) is 13.8 Å². The van der Waals surface area contributed by atoms with Crippen molar-refractivity contribution in [1.82, 2.24) is 0 Å². The molecule has 0 radical (unpaired) electrons. The van der Waals surface area contributed by atoms with Gasteiger partial charge in [-0.05, 0) is 6.92 Å². The molecule has 10 nitrogen and oxygen atoms in total. The average molecular weight is 376 g/mol. The highest BCUT2D eigenvalue weighted by molar-refractivity contribution is 5.68. The second-order valence-corrected chi connectivity index (χ2v) is 5.52. The lowest BCUT2D eigenvalue weighted by Crippen LogP contribution is -2.62. The molecule has 148 valence electrons. The summed E-state index contributed by atoms with van der Waals surface area (Å²) in [5, 5.41) is 0. The van der Waals surface area contributed by atoms with Gasteiger partial charge in [0, 0.05) is 34.3 Å². The van der Waals surface area contributed by atoms with Gasteiger partial charge in [-0.2, -0.15) is 0 Å². The summed E-state index contributed by atoms with van der Waals surface area (Å²) in [4.78, 5) is 45.6. The van der Waals surface area contributed by atoms with Gasteiger partial charge in [-0.15, -0.1) is 0 Å². The first-order valence-corrected chi connectivity index (χ1v) is 8.07. The molecule has 0 aromatic carbocycles. The smallest absolute Gasteiger partial charge is 0.303 e. The fourth-order valence-electron chi connectivity index (χ4n) is 2.49. The Morgan fingerprint density at radius 2 is 1.27 bits per heavy atom. The number of hydrogen-bond acceptors (Lipinski definition) is 10. The van der Waals surface area contributed by atoms with E-state index in [1.165, 1.54) is 13.8 Å². The quantitative estimate of drug-likeness (QED) is 0.446. The van der Waals surface area contributed by atoms with E-state index < -0.39 is 54.6 Å². The molecule has 0 aliphatic carbocycles. The predicted octanol–water partition coefficient (Wildman–Crippen LogP) is 0.106. The van der Waals surface area contributed by atoms with Gasteiger partial charge in [0.05, 0.1) is 0 Å². The van der Waals surface area contributed by atoms with Gasteiger partial charge in [-0.3, -0.25) is 19.2 Å². The molecule has 26 heavy (non-hydrogen) atoms. The minimum absolute atomic E-state index is 0.202. The van der Waals surface area contributed by atoms with Crippen molar-refractivity contribution in [2.45, 2.75) is 65.3 Å². The van der Waals surface area contributed by atoms with Crippen molar-refractivity contribution >= 4 is 23.9 Å². The molecule has 1 aliphatic rings. The molecule has 10 heteroatoms. The van der Waals surface area contributed by atoms with Crippen molar-refractivity contribution < 1.29 is 47.6 Å².